The summed E-state index contributed by atoms with van der Waals surface area (Å²) in [5, 5.41) is 4.41. The van der Waals surface area contributed by atoms with Crippen molar-refractivity contribution in [2.24, 2.45) is 0 Å². The van der Waals surface area contributed by atoms with E-state index in [1.54, 1.807) is 23.1 Å². The number of aryl methyl sites for hydroxylation is 2. The van der Waals surface area contributed by atoms with Gasteiger partial charge in [0.15, 0.2) is 11.6 Å². The van der Waals surface area contributed by atoms with Crippen LogP contribution in [0.2, 0.25) is 0 Å². The minimum atomic E-state index is 0.404. The van der Waals surface area contributed by atoms with Crippen LogP contribution in [0.1, 0.15) is 11.4 Å². The molecule has 0 aliphatic carbocycles. The second kappa shape index (κ2) is 4.73. The van der Waals surface area contributed by atoms with Crippen molar-refractivity contribution >= 4 is 5.82 Å². The van der Waals surface area contributed by atoms with E-state index in [0.717, 1.165) is 17.0 Å². The normalized spacial score (nSPS) is 10.7. The molecule has 0 aromatic carbocycles. The van der Waals surface area contributed by atoms with Gasteiger partial charge in [0, 0.05) is 29.7 Å². The maximum absolute atomic E-state index is 5.88. The van der Waals surface area contributed by atoms with Crippen LogP contribution in [0.5, 0.6) is 0 Å². The van der Waals surface area contributed by atoms with Crippen LogP contribution < -0.4 is 5.73 Å². The second-order valence-electron chi connectivity index (χ2n) is 4.56. The summed E-state index contributed by atoms with van der Waals surface area (Å²) in [6.07, 6.45) is 3.41. The minimum Gasteiger partial charge on any atom is -0.384 e. The molecule has 0 aliphatic heterocycles. The average Bonchev–Trinajstić information content (AvgIpc) is 2.78. The fraction of sp³-hybridized carbons (Fsp3) is 0.143. The molecule has 3 aromatic heterocycles. The van der Waals surface area contributed by atoms with Gasteiger partial charge in [0.25, 0.3) is 0 Å². The number of hydrogen-bond donors (Lipinski definition) is 1. The maximum atomic E-state index is 5.88. The van der Waals surface area contributed by atoms with E-state index in [0.29, 0.717) is 17.5 Å². The number of hydrogen-bond acceptors (Lipinski definition) is 5. The number of anilines is 1. The Kier molecular flexibility index (Phi) is 2.90. The first-order chi connectivity index (χ1) is 9.63. The molecule has 0 saturated heterocycles. The van der Waals surface area contributed by atoms with Gasteiger partial charge in [-0.3, -0.25) is 4.98 Å². The van der Waals surface area contributed by atoms with Crippen LogP contribution >= 0.6 is 0 Å². The minimum absolute atomic E-state index is 0.404. The van der Waals surface area contributed by atoms with Crippen molar-refractivity contribution in [1.82, 2.24) is 24.7 Å². The van der Waals surface area contributed by atoms with E-state index in [1.807, 2.05) is 32.0 Å². The van der Waals surface area contributed by atoms with Crippen LogP contribution in [0.4, 0.5) is 5.82 Å². The van der Waals surface area contributed by atoms with Gasteiger partial charge in [-0.2, -0.15) is 5.10 Å². The van der Waals surface area contributed by atoms with E-state index >= 15 is 0 Å². The Morgan fingerprint density at radius 3 is 2.65 bits per heavy atom. The summed E-state index contributed by atoms with van der Waals surface area (Å²) in [6, 6.07) is 7.43. The molecule has 6 heteroatoms. The van der Waals surface area contributed by atoms with Gasteiger partial charge in [-0.25, -0.2) is 14.6 Å². The largest absolute Gasteiger partial charge is 0.384 e. The van der Waals surface area contributed by atoms with E-state index in [-0.39, 0.29) is 0 Å². The van der Waals surface area contributed by atoms with Crippen molar-refractivity contribution in [1.29, 1.82) is 0 Å². The standard InChI is InChI=1S/C14H14N6/c1-9-6-10(2)20(19-9)13-7-12(15)17-14(18-13)11-4-3-5-16-8-11/h3-8H,1-2H3,(H2,15,17,18). The Bertz CT molecular complexity index is 748. The van der Waals surface area contributed by atoms with Crippen molar-refractivity contribution < 1.29 is 0 Å². The Balaban J connectivity index is 2.14. The SMILES string of the molecule is Cc1cc(C)n(-c2cc(N)nc(-c3cccnc3)n2)n1. The van der Waals surface area contributed by atoms with Gasteiger partial charge in [0.2, 0.25) is 0 Å². The molecule has 0 unspecified atom stereocenters. The summed E-state index contributed by atoms with van der Waals surface area (Å²) < 4.78 is 1.76. The molecular weight excluding hydrogens is 252 g/mol. The van der Waals surface area contributed by atoms with Gasteiger partial charge in [-0.15, -0.1) is 0 Å². The summed E-state index contributed by atoms with van der Waals surface area (Å²) in [5.41, 5.74) is 8.63. The molecule has 6 nitrogen and oxygen atoms in total. The number of aromatic nitrogens is 5. The first-order valence-electron chi connectivity index (χ1n) is 6.22. The summed E-state index contributed by atoms with van der Waals surface area (Å²) in [5.74, 6) is 1.60. The third kappa shape index (κ3) is 2.23. The van der Waals surface area contributed by atoms with Gasteiger partial charge in [0.05, 0.1) is 5.69 Å². The highest BCUT2D eigenvalue weighted by molar-refractivity contribution is 5.57. The molecule has 2 N–H and O–H groups in total. The van der Waals surface area contributed by atoms with Crippen LogP contribution in [0.25, 0.3) is 17.2 Å². The highest BCUT2D eigenvalue weighted by atomic mass is 15.3. The third-order valence-electron chi connectivity index (χ3n) is 2.88. The van der Waals surface area contributed by atoms with Crippen molar-refractivity contribution in [2.75, 3.05) is 5.73 Å². The van der Waals surface area contributed by atoms with E-state index < -0.39 is 0 Å². The molecule has 3 heterocycles. The van der Waals surface area contributed by atoms with Gasteiger partial charge in [0.1, 0.15) is 5.82 Å². The van der Waals surface area contributed by atoms with Crippen molar-refractivity contribution in [3.05, 3.63) is 48.0 Å². The first kappa shape index (κ1) is 12.3. The lowest BCUT2D eigenvalue weighted by molar-refractivity contribution is 0.803. The molecular formula is C14H14N6. The van der Waals surface area contributed by atoms with Crippen LogP contribution in [-0.4, -0.2) is 24.7 Å². The molecule has 3 rings (SSSR count). The van der Waals surface area contributed by atoms with Gasteiger partial charge >= 0.3 is 0 Å². The quantitative estimate of drug-likeness (QED) is 0.766. The fourth-order valence-corrected chi connectivity index (χ4v) is 2.05. The third-order valence-corrected chi connectivity index (χ3v) is 2.88. The van der Waals surface area contributed by atoms with Crippen LogP contribution in [0, 0.1) is 13.8 Å². The smallest absolute Gasteiger partial charge is 0.165 e. The predicted octanol–water partition coefficient (Wildman–Crippen LogP) is 1.92. The first-order valence-corrected chi connectivity index (χ1v) is 6.22. The molecule has 0 saturated carbocycles. The topological polar surface area (TPSA) is 82.5 Å². The second-order valence-corrected chi connectivity index (χ2v) is 4.56. The van der Waals surface area contributed by atoms with Gasteiger partial charge < -0.3 is 5.73 Å². The summed E-state index contributed by atoms with van der Waals surface area (Å²) in [6.45, 7) is 3.91. The summed E-state index contributed by atoms with van der Waals surface area (Å²) >= 11 is 0. The molecule has 0 atom stereocenters. The Morgan fingerprint density at radius 1 is 1.15 bits per heavy atom. The highest BCUT2D eigenvalue weighted by Gasteiger charge is 2.10. The van der Waals surface area contributed by atoms with Crippen LogP contribution in [0.3, 0.4) is 0 Å². The lowest BCUT2D eigenvalue weighted by atomic mass is 10.2. The van der Waals surface area contributed by atoms with E-state index in [4.69, 9.17) is 5.73 Å². The van der Waals surface area contributed by atoms with E-state index in [1.165, 1.54) is 0 Å². The average molecular weight is 266 g/mol. The predicted molar refractivity (Wildman–Crippen MR) is 76.3 cm³/mol. The molecule has 0 spiro atoms. The molecule has 0 fully saturated rings. The summed E-state index contributed by atoms with van der Waals surface area (Å²) in [7, 11) is 0. The zero-order valence-electron chi connectivity index (χ0n) is 11.3. The molecule has 0 aliphatic rings. The van der Waals surface area contributed by atoms with Crippen molar-refractivity contribution in [2.45, 2.75) is 13.8 Å². The molecule has 100 valence electrons. The van der Waals surface area contributed by atoms with E-state index in [2.05, 4.69) is 20.1 Å². The monoisotopic (exact) mass is 266 g/mol. The van der Waals surface area contributed by atoms with Gasteiger partial charge in [-0.05, 0) is 32.0 Å². The van der Waals surface area contributed by atoms with Crippen molar-refractivity contribution in [3.63, 3.8) is 0 Å². The number of pyridine rings is 1. The lowest BCUT2D eigenvalue weighted by Gasteiger charge is -2.07. The molecule has 20 heavy (non-hydrogen) atoms. The number of nitrogen functional groups attached to an aromatic ring is 1. The van der Waals surface area contributed by atoms with Gasteiger partial charge in [-0.1, -0.05) is 0 Å². The van der Waals surface area contributed by atoms with Crippen LogP contribution in [0.15, 0.2) is 36.7 Å². The fourth-order valence-electron chi connectivity index (χ4n) is 2.05. The molecule has 0 radical (unpaired) electrons. The Hall–Kier alpha value is -2.76. The molecule has 3 aromatic rings. The number of nitrogens with zero attached hydrogens (tertiary/aromatic N) is 5. The van der Waals surface area contributed by atoms with E-state index in [9.17, 15) is 0 Å². The lowest BCUT2D eigenvalue weighted by Crippen LogP contribution is -2.06. The van der Waals surface area contributed by atoms with Crippen LogP contribution in [-0.2, 0) is 0 Å². The zero-order valence-corrected chi connectivity index (χ0v) is 11.3. The maximum Gasteiger partial charge on any atom is 0.165 e. The van der Waals surface area contributed by atoms with Crippen molar-refractivity contribution in [3.8, 4) is 17.2 Å². The Morgan fingerprint density at radius 2 is 2.00 bits per heavy atom. The number of nitrogens with two attached hydrogens (primary N) is 1. The summed E-state index contributed by atoms with van der Waals surface area (Å²) in [4.78, 5) is 12.8. The highest BCUT2D eigenvalue weighted by Crippen LogP contribution is 2.18. The number of rotatable bonds is 2. The Labute approximate surface area is 116 Å². The molecule has 0 amide bonds. The molecule has 0 bridgehead atoms. The zero-order chi connectivity index (χ0) is 14.1.